The van der Waals surface area contributed by atoms with Crippen LogP contribution in [0.4, 0.5) is 0 Å². The first-order valence-corrected chi connectivity index (χ1v) is 6.03. The van der Waals surface area contributed by atoms with Crippen LogP contribution >= 0.6 is 0 Å². The maximum Gasteiger partial charge on any atom is 0.310 e. The number of nitrogens with zero attached hydrogens (tertiary/aromatic N) is 2. The Kier molecular flexibility index (Phi) is 3.99. The van der Waals surface area contributed by atoms with Gasteiger partial charge in [-0.25, -0.2) is 4.98 Å². The molecule has 0 radical (unpaired) electrons. The lowest BCUT2D eigenvalue weighted by Crippen LogP contribution is -2.30. The van der Waals surface area contributed by atoms with Crippen LogP contribution in [0.5, 0.6) is 5.88 Å². The van der Waals surface area contributed by atoms with Crippen LogP contribution in [0, 0.1) is 5.92 Å². The van der Waals surface area contributed by atoms with Gasteiger partial charge in [0.1, 0.15) is 5.56 Å². The monoisotopic (exact) mass is 264 g/mol. The number of likely N-dealkylation sites (tertiary alicyclic amines) is 1. The van der Waals surface area contributed by atoms with Crippen LogP contribution in [0.2, 0.25) is 0 Å². The van der Waals surface area contributed by atoms with Crippen molar-refractivity contribution in [3.8, 4) is 5.88 Å². The predicted molar refractivity (Wildman–Crippen MR) is 66.8 cm³/mol. The highest BCUT2D eigenvalue weighted by Crippen LogP contribution is 2.22. The summed E-state index contributed by atoms with van der Waals surface area (Å²) >= 11 is 0. The maximum absolute atomic E-state index is 12.3. The van der Waals surface area contributed by atoms with Gasteiger partial charge in [-0.05, 0) is 18.6 Å². The van der Waals surface area contributed by atoms with Gasteiger partial charge in [0, 0.05) is 19.3 Å². The number of carbonyl (C=O) groups excluding carboxylic acids is 2. The summed E-state index contributed by atoms with van der Waals surface area (Å²) in [6, 6.07) is 3.35. The van der Waals surface area contributed by atoms with Gasteiger partial charge < -0.3 is 14.4 Å². The van der Waals surface area contributed by atoms with Crippen LogP contribution < -0.4 is 4.74 Å². The van der Waals surface area contributed by atoms with E-state index in [1.54, 1.807) is 23.2 Å². The second kappa shape index (κ2) is 5.69. The van der Waals surface area contributed by atoms with Crippen LogP contribution in [0.1, 0.15) is 16.8 Å². The average Bonchev–Trinajstić information content (AvgIpc) is 2.95. The first kappa shape index (κ1) is 13.3. The van der Waals surface area contributed by atoms with E-state index in [0.717, 1.165) is 0 Å². The third-order valence-electron chi connectivity index (χ3n) is 3.20. The SMILES string of the molecule is COC(=O)C1CCN(C(=O)c2cccnc2OC)C1. The topological polar surface area (TPSA) is 68.7 Å². The van der Waals surface area contributed by atoms with Gasteiger partial charge in [0.25, 0.3) is 5.91 Å². The molecule has 0 aromatic carbocycles. The number of ether oxygens (including phenoxy) is 2. The molecular formula is C13H16N2O4. The second-order valence-corrected chi connectivity index (χ2v) is 4.32. The zero-order chi connectivity index (χ0) is 13.8. The average molecular weight is 264 g/mol. The van der Waals surface area contributed by atoms with E-state index < -0.39 is 0 Å². The summed E-state index contributed by atoms with van der Waals surface area (Å²) < 4.78 is 9.77. The highest BCUT2D eigenvalue weighted by Gasteiger charge is 2.33. The lowest BCUT2D eigenvalue weighted by atomic mass is 10.1. The quantitative estimate of drug-likeness (QED) is 0.753. The van der Waals surface area contributed by atoms with Crippen LogP contribution in [-0.2, 0) is 9.53 Å². The van der Waals surface area contributed by atoms with E-state index in [1.807, 2.05) is 0 Å². The highest BCUT2D eigenvalue weighted by atomic mass is 16.5. The summed E-state index contributed by atoms with van der Waals surface area (Å²) in [5.74, 6) is -0.379. The summed E-state index contributed by atoms with van der Waals surface area (Å²) in [6.07, 6.45) is 2.19. The first-order chi connectivity index (χ1) is 9.17. The molecule has 0 spiro atoms. The normalized spacial score (nSPS) is 18.2. The van der Waals surface area contributed by atoms with Crippen molar-refractivity contribution in [1.82, 2.24) is 9.88 Å². The van der Waals surface area contributed by atoms with E-state index in [1.165, 1.54) is 14.2 Å². The number of hydrogen-bond acceptors (Lipinski definition) is 5. The molecule has 1 aliphatic heterocycles. The Morgan fingerprint density at radius 1 is 1.42 bits per heavy atom. The van der Waals surface area contributed by atoms with Gasteiger partial charge in [-0.2, -0.15) is 0 Å². The molecule has 1 aliphatic rings. The van der Waals surface area contributed by atoms with Gasteiger partial charge in [-0.1, -0.05) is 0 Å². The van der Waals surface area contributed by atoms with Crippen molar-refractivity contribution >= 4 is 11.9 Å². The van der Waals surface area contributed by atoms with E-state index in [-0.39, 0.29) is 17.8 Å². The van der Waals surface area contributed by atoms with E-state index >= 15 is 0 Å². The number of rotatable bonds is 3. The molecule has 2 rings (SSSR count). The molecule has 102 valence electrons. The Morgan fingerprint density at radius 3 is 2.89 bits per heavy atom. The molecule has 1 fully saturated rings. The summed E-state index contributed by atoms with van der Waals surface area (Å²) in [4.78, 5) is 29.4. The van der Waals surface area contributed by atoms with Crippen LogP contribution in [0.3, 0.4) is 0 Å². The van der Waals surface area contributed by atoms with Crippen molar-refractivity contribution in [3.05, 3.63) is 23.9 Å². The molecule has 0 aliphatic carbocycles. The van der Waals surface area contributed by atoms with Gasteiger partial charge in [-0.15, -0.1) is 0 Å². The number of esters is 1. The number of methoxy groups -OCH3 is 2. The van der Waals surface area contributed by atoms with Crippen LogP contribution in [0.25, 0.3) is 0 Å². The zero-order valence-electron chi connectivity index (χ0n) is 11.0. The van der Waals surface area contributed by atoms with Crippen LogP contribution in [0.15, 0.2) is 18.3 Å². The smallest absolute Gasteiger partial charge is 0.310 e. The molecule has 1 saturated heterocycles. The Balaban J connectivity index is 2.11. The van der Waals surface area contributed by atoms with Crippen molar-refractivity contribution in [2.75, 3.05) is 27.3 Å². The fourth-order valence-corrected chi connectivity index (χ4v) is 2.19. The van der Waals surface area contributed by atoms with Crippen molar-refractivity contribution in [1.29, 1.82) is 0 Å². The molecular weight excluding hydrogens is 248 g/mol. The van der Waals surface area contributed by atoms with Crippen molar-refractivity contribution in [2.24, 2.45) is 5.92 Å². The largest absolute Gasteiger partial charge is 0.480 e. The van der Waals surface area contributed by atoms with Gasteiger partial charge in [0.2, 0.25) is 5.88 Å². The molecule has 6 heteroatoms. The standard InChI is InChI=1S/C13H16N2O4/c1-18-11-10(4-3-6-14-11)12(16)15-7-5-9(8-15)13(17)19-2/h3-4,6,9H,5,7-8H2,1-2H3. The number of aromatic nitrogens is 1. The molecule has 19 heavy (non-hydrogen) atoms. The molecule has 6 nitrogen and oxygen atoms in total. The third-order valence-corrected chi connectivity index (χ3v) is 3.20. The summed E-state index contributed by atoms with van der Waals surface area (Å²) in [5, 5.41) is 0. The number of hydrogen-bond donors (Lipinski definition) is 0. The zero-order valence-corrected chi connectivity index (χ0v) is 11.0. The van der Waals surface area contributed by atoms with Gasteiger partial charge in [0.05, 0.1) is 20.1 Å². The fraction of sp³-hybridized carbons (Fsp3) is 0.462. The first-order valence-electron chi connectivity index (χ1n) is 6.03. The van der Waals surface area contributed by atoms with Crippen molar-refractivity contribution in [2.45, 2.75) is 6.42 Å². The minimum Gasteiger partial charge on any atom is -0.480 e. The summed E-state index contributed by atoms with van der Waals surface area (Å²) in [6.45, 7) is 0.917. The molecule has 1 aromatic heterocycles. The molecule has 0 N–H and O–H groups in total. The lowest BCUT2D eigenvalue weighted by Gasteiger charge is -2.17. The molecule has 1 aromatic rings. The second-order valence-electron chi connectivity index (χ2n) is 4.32. The van der Waals surface area contributed by atoms with E-state index in [9.17, 15) is 9.59 Å². The minimum absolute atomic E-state index is 0.170. The summed E-state index contributed by atoms with van der Waals surface area (Å²) in [5.41, 5.74) is 0.413. The number of amides is 1. The Labute approximate surface area is 111 Å². The molecule has 1 atom stereocenters. The molecule has 2 heterocycles. The number of pyridine rings is 1. The highest BCUT2D eigenvalue weighted by molar-refractivity contribution is 5.96. The van der Waals surface area contributed by atoms with E-state index in [2.05, 4.69) is 4.98 Å². The number of carbonyl (C=O) groups is 2. The Morgan fingerprint density at radius 2 is 2.21 bits per heavy atom. The van der Waals surface area contributed by atoms with Crippen LogP contribution in [-0.4, -0.2) is 49.1 Å². The molecule has 0 bridgehead atoms. The molecule has 1 amide bonds. The predicted octanol–water partition coefficient (Wildman–Crippen LogP) is 0.725. The van der Waals surface area contributed by atoms with Gasteiger partial charge in [0.15, 0.2) is 0 Å². The fourth-order valence-electron chi connectivity index (χ4n) is 2.19. The van der Waals surface area contributed by atoms with Crippen molar-refractivity contribution in [3.63, 3.8) is 0 Å². The Hall–Kier alpha value is -2.11. The van der Waals surface area contributed by atoms with Gasteiger partial charge >= 0.3 is 5.97 Å². The Bertz CT molecular complexity index is 489. The van der Waals surface area contributed by atoms with Crippen molar-refractivity contribution < 1.29 is 19.1 Å². The maximum atomic E-state index is 12.3. The molecule has 1 unspecified atom stereocenters. The molecule has 0 saturated carbocycles. The lowest BCUT2D eigenvalue weighted by molar-refractivity contribution is -0.144. The van der Waals surface area contributed by atoms with E-state index in [0.29, 0.717) is 31.0 Å². The third kappa shape index (κ3) is 2.67. The van der Waals surface area contributed by atoms with E-state index in [4.69, 9.17) is 9.47 Å². The minimum atomic E-state index is -0.270. The van der Waals surface area contributed by atoms with Gasteiger partial charge in [-0.3, -0.25) is 9.59 Å². The summed E-state index contributed by atoms with van der Waals surface area (Å²) in [7, 11) is 2.83.